The SMILES string of the molecule is Cc1cc(C(N)CC2CCCC(F)(F)C2)nn1C. The summed E-state index contributed by atoms with van der Waals surface area (Å²) in [6.45, 7) is 1.96. The molecule has 2 atom stereocenters. The van der Waals surface area contributed by atoms with Crippen LogP contribution in [0, 0.1) is 12.8 Å². The third-order valence-electron chi connectivity index (χ3n) is 3.84. The molecular formula is C13H21F2N3. The van der Waals surface area contributed by atoms with Crippen LogP contribution in [0.1, 0.15) is 49.5 Å². The number of aromatic nitrogens is 2. The van der Waals surface area contributed by atoms with E-state index in [0.29, 0.717) is 12.8 Å². The van der Waals surface area contributed by atoms with E-state index in [9.17, 15) is 8.78 Å². The van der Waals surface area contributed by atoms with Gasteiger partial charge in [0, 0.05) is 31.6 Å². The number of halogens is 2. The van der Waals surface area contributed by atoms with E-state index in [1.807, 2.05) is 20.0 Å². The van der Waals surface area contributed by atoms with Crippen molar-refractivity contribution in [3.63, 3.8) is 0 Å². The molecule has 1 aliphatic rings. The second-order valence-corrected chi connectivity index (χ2v) is 5.49. The maximum Gasteiger partial charge on any atom is 0.248 e. The summed E-state index contributed by atoms with van der Waals surface area (Å²) in [7, 11) is 1.86. The molecule has 5 heteroatoms. The molecule has 2 unspecified atom stereocenters. The van der Waals surface area contributed by atoms with Crippen LogP contribution in [0.4, 0.5) is 8.78 Å². The predicted molar refractivity (Wildman–Crippen MR) is 66.4 cm³/mol. The first-order valence-electron chi connectivity index (χ1n) is 6.51. The van der Waals surface area contributed by atoms with Gasteiger partial charge in [-0.2, -0.15) is 5.10 Å². The fourth-order valence-corrected chi connectivity index (χ4v) is 2.73. The molecular weight excluding hydrogens is 236 g/mol. The Bertz CT molecular complexity index is 395. The molecule has 0 radical (unpaired) electrons. The van der Waals surface area contributed by atoms with Crippen molar-refractivity contribution < 1.29 is 8.78 Å². The molecule has 1 saturated carbocycles. The topological polar surface area (TPSA) is 43.8 Å². The summed E-state index contributed by atoms with van der Waals surface area (Å²) in [6.07, 6.45) is 2.07. The first kappa shape index (κ1) is 13.5. The van der Waals surface area contributed by atoms with Crippen LogP contribution >= 0.6 is 0 Å². The Hall–Kier alpha value is -0.970. The van der Waals surface area contributed by atoms with Crippen LogP contribution in [0.3, 0.4) is 0 Å². The highest BCUT2D eigenvalue weighted by atomic mass is 19.3. The van der Waals surface area contributed by atoms with Crippen LogP contribution in [-0.2, 0) is 7.05 Å². The summed E-state index contributed by atoms with van der Waals surface area (Å²) in [6, 6.07) is 1.70. The molecule has 0 aromatic carbocycles. The van der Waals surface area contributed by atoms with Crippen LogP contribution in [0.25, 0.3) is 0 Å². The van der Waals surface area contributed by atoms with E-state index < -0.39 is 5.92 Å². The lowest BCUT2D eigenvalue weighted by Gasteiger charge is -2.30. The van der Waals surface area contributed by atoms with Crippen molar-refractivity contribution in [2.75, 3.05) is 0 Å². The molecule has 1 aromatic heterocycles. The first-order chi connectivity index (χ1) is 8.37. The van der Waals surface area contributed by atoms with E-state index in [-0.39, 0.29) is 24.8 Å². The maximum absolute atomic E-state index is 13.3. The number of rotatable bonds is 3. The highest BCUT2D eigenvalue weighted by Crippen LogP contribution is 2.39. The van der Waals surface area contributed by atoms with Crippen LogP contribution in [0.5, 0.6) is 0 Å². The fourth-order valence-electron chi connectivity index (χ4n) is 2.73. The molecule has 2 N–H and O–H groups in total. The van der Waals surface area contributed by atoms with Crippen molar-refractivity contribution in [2.45, 2.75) is 51.0 Å². The summed E-state index contributed by atoms with van der Waals surface area (Å²) in [5.74, 6) is -2.48. The molecule has 3 nitrogen and oxygen atoms in total. The van der Waals surface area contributed by atoms with Crippen LogP contribution in [-0.4, -0.2) is 15.7 Å². The predicted octanol–water partition coefficient (Wildman–Crippen LogP) is 2.94. The summed E-state index contributed by atoms with van der Waals surface area (Å²) in [5.41, 5.74) is 7.92. The van der Waals surface area contributed by atoms with E-state index in [2.05, 4.69) is 5.10 Å². The smallest absolute Gasteiger partial charge is 0.248 e. The van der Waals surface area contributed by atoms with Gasteiger partial charge in [0.2, 0.25) is 5.92 Å². The Morgan fingerprint density at radius 3 is 2.89 bits per heavy atom. The second kappa shape index (κ2) is 4.96. The van der Waals surface area contributed by atoms with Gasteiger partial charge in [0.05, 0.1) is 5.69 Å². The molecule has 1 aromatic rings. The highest BCUT2D eigenvalue weighted by molar-refractivity contribution is 5.12. The van der Waals surface area contributed by atoms with Crippen molar-refractivity contribution in [2.24, 2.45) is 18.7 Å². The average Bonchev–Trinajstić information content (AvgIpc) is 2.58. The quantitative estimate of drug-likeness (QED) is 0.904. The maximum atomic E-state index is 13.3. The standard InChI is InChI=1S/C13H21F2N3/c1-9-6-12(17-18(9)2)11(16)7-10-4-3-5-13(14,15)8-10/h6,10-11H,3-5,7-8,16H2,1-2H3. The lowest BCUT2D eigenvalue weighted by molar-refractivity contribution is -0.0544. The molecule has 1 heterocycles. The molecule has 102 valence electrons. The van der Waals surface area contributed by atoms with E-state index in [1.54, 1.807) is 4.68 Å². The molecule has 18 heavy (non-hydrogen) atoms. The van der Waals surface area contributed by atoms with E-state index in [0.717, 1.165) is 17.8 Å². The molecule has 0 saturated heterocycles. The van der Waals surface area contributed by atoms with Crippen LogP contribution in [0.2, 0.25) is 0 Å². The van der Waals surface area contributed by atoms with Gasteiger partial charge in [-0.1, -0.05) is 0 Å². The second-order valence-electron chi connectivity index (χ2n) is 5.49. The van der Waals surface area contributed by atoms with Crippen molar-refractivity contribution in [1.82, 2.24) is 9.78 Å². The van der Waals surface area contributed by atoms with Gasteiger partial charge in [-0.05, 0) is 38.2 Å². The molecule has 0 aliphatic heterocycles. The molecule has 0 spiro atoms. The van der Waals surface area contributed by atoms with E-state index >= 15 is 0 Å². The Labute approximate surface area is 106 Å². The summed E-state index contributed by atoms with van der Waals surface area (Å²) < 4.78 is 28.4. The lowest BCUT2D eigenvalue weighted by atomic mass is 9.82. The van der Waals surface area contributed by atoms with Crippen molar-refractivity contribution in [3.8, 4) is 0 Å². The highest BCUT2D eigenvalue weighted by Gasteiger charge is 2.36. The van der Waals surface area contributed by atoms with Gasteiger partial charge in [0.15, 0.2) is 0 Å². The zero-order valence-electron chi connectivity index (χ0n) is 11.0. The zero-order valence-corrected chi connectivity index (χ0v) is 11.0. The van der Waals surface area contributed by atoms with Gasteiger partial charge < -0.3 is 5.73 Å². The molecule has 2 rings (SSSR count). The minimum atomic E-state index is -2.50. The summed E-state index contributed by atoms with van der Waals surface area (Å²) >= 11 is 0. The van der Waals surface area contributed by atoms with Gasteiger partial charge in [-0.3, -0.25) is 4.68 Å². The number of hydrogen-bond acceptors (Lipinski definition) is 2. The van der Waals surface area contributed by atoms with Gasteiger partial charge in [0.25, 0.3) is 0 Å². The molecule has 0 bridgehead atoms. The zero-order chi connectivity index (χ0) is 13.3. The van der Waals surface area contributed by atoms with Crippen LogP contribution < -0.4 is 5.73 Å². The minimum Gasteiger partial charge on any atom is -0.323 e. The van der Waals surface area contributed by atoms with Gasteiger partial charge in [-0.25, -0.2) is 8.78 Å². The number of nitrogens with zero attached hydrogens (tertiary/aromatic N) is 2. The average molecular weight is 257 g/mol. The number of aryl methyl sites for hydroxylation is 2. The Morgan fingerprint density at radius 1 is 1.61 bits per heavy atom. The largest absolute Gasteiger partial charge is 0.323 e. The van der Waals surface area contributed by atoms with Crippen molar-refractivity contribution in [1.29, 1.82) is 0 Å². The lowest BCUT2D eigenvalue weighted by Crippen LogP contribution is -2.28. The minimum absolute atomic E-state index is 0.0195. The molecule has 0 amide bonds. The summed E-state index contributed by atoms with van der Waals surface area (Å²) in [4.78, 5) is 0. The fraction of sp³-hybridized carbons (Fsp3) is 0.769. The molecule has 1 fully saturated rings. The van der Waals surface area contributed by atoms with Crippen LogP contribution in [0.15, 0.2) is 6.07 Å². The van der Waals surface area contributed by atoms with Gasteiger partial charge >= 0.3 is 0 Å². The number of hydrogen-bond donors (Lipinski definition) is 1. The van der Waals surface area contributed by atoms with Gasteiger partial charge in [-0.15, -0.1) is 0 Å². The van der Waals surface area contributed by atoms with Crippen molar-refractivity contribution >= 4 is 0 Å². The Morgan fingerprint density at radius 2 is 2.33 bits per heavy atom. The Balaban J connectivity index is 1.96. The van der Waals surface area contributed by atoms with E-state index in [4.69, 9.17) is 5.73 Å². The number of alkyl halides is 2. The first-order valence-corrected chi connectivity index (χ1v) is 6.51. The Kier molecular flexibility index (Phi) is 3.71. The third kappa shape index (κ3) is 3.07. The normalized spacial score (nSPS) is 25.1. The van der Waals surface area contributed by atoms with Gasteiger partial charge in [0.1, 0.15) is 0 Å². The third-order valence-corrected chi connectivity index (χ3v) is 3.84. The summed E-state index contributed by atoms with van der Waals surface area (Å²) in [5, 5.41) is 4.32. The monoisotopic (exact) mass is 257 g/mol. The van der Waals surface area contributed by atoms with Crippen molar-refractivity contribution in [3.05, 3.63) is 17.5 Å². The molecule has 1 aliphatic carbocycles. The van der Waals surface area contributed by atoms with E-state index in [1.165, 1.54) is 0 Å². The number of nitrogens with two attached hydrogens (primary N) is 1.